The molecule has 3 heteroatoms. The van der Waals surface area contributed by atoms with Crippen molar-refractivity contribution in [2.75, 3.05) is 13.1 Å². The second-order valence-electron chi connectivity index (χ2n) is 8.51. The lowest BCUT2D eigenvalue weighted by molar-refractivity contribution is -0.665. The zero-order valence-corrected chi connectivity index (χ0v) is 15.1. The molecule has 2 aliphatic rings. The van der Waals surface area contributed by atoms with Crippen molar-refractivity contribution in [1.82, 2.24) is 0 Å². The summed E-state index contributed by atoms with van der Waals surface area (Å²) in [5.74, 6) is 2.35. The van der Waals surface area contributed by atoms with E-state index in [1.165, 1.54) is 45.2 Å². The van der Waals surface area contributed by atoms with Crippen LogP contribution in [0.25, 0.3) is 0 Å². The molecule has 1 aliphatic carbocycles. The summed E-state index contributed by atoms with van der Waals surface area (Å²) in [6.45, 7) is 11.2. The first-order valence-electron chi connectivity index (χ1n) is 9.43. The number of rotatable bonds is 5. The number of hydrogen-bond acceptors (Lipinski definition) is 2. The molecule has 1 saturated carbocycles. The van der Waals surface area contributed by atoms with Gasteiger partial charge in [-0.15, -0.1) is 0 Å². The van der Waals surface area contributed by atoms with Gasteiger partial charge in [-0.3, -0.25) is 4.79 Å². The summed E-state index contributed by atoms with van der Waals surface area (Å²) < 4.78 is 5.98. The van der Waals surface area contributed by atoms with Crippen LogP contribution in [0.2, 0.25) is 0 Å². The van der Waals surface area contributed by atoms with Crippen LogP contribution < -0.4 is 5.32 Å². The summed E-state index contributed by atoms with van der Waals surface area (Å²) >= 11 is 0. The third-order valence-corrected chi connectivity index (χ3v) is 5.77. The van der Waals surface area contributed by atoms with Gasteiger partial charge in [0.1, 0.15) is 5.60 Å². The molecule has 0 aromatic heterocycles. The molecule has 2 fully saturated rings. The molecule has 0 spiro atoms. The fourth-order valence-corrected chi connectivity index (χ4v) is 4.35. The van der Waals surface area contributed by atoms with E-state index in [1.54, 1.807) is 0 Å². The average Bonchev–Trinajstić information content (AvgIpc) is 2.48. The highest BCUT2D eigenvalue weighted by Crippen LogP contribution is 2.35. The van der Waals surface area contributed by atoms with E-state index in [0.29, 0.717) is 5.92 Å². The van der Waals surface area contributed by atoms with Crippen LogP contribution in [0, 0.1) is 23.7 Å². The number of carbonyl (C=O) groups is 1. The second-order valence-corrected chi connectivity index (χ2v) is 8.51. The molecule has 1 aliphatic heterocycles. The highest BCUT2D eigenvalue weighted by atomic mass is 16.6. The Labute approximate surface area is 136 Å². The number of ether oxygens (including phenoxy) is 1. The Morgan fingerprint density at radius 3 is 2.23 bits per heavy atom. The van der Waals surface area contributed by atoms with E-state index < -0.39 is 0 Å². The molecule has 0 amide bonds. The quantitative estimate of drug-likeness (QED) is 0.793. The lowest BCUT2D eigenvalue weighted by atomic mass is 9.78. The van der Waals surface area contributed by atoms with E-state index in [0.717, 1.165) is 24.7 Å². The number of hydrogen-bond donors (Lipinski definition) is 1. The summed E-state index contributed by atoms with van der Waals surface area (Å²) in [6, 6.07) is 0. The minimum absolute atomic E-state index is 0.0718. The van der Waals surface area contributed by atoms with Crippen LogP contribution in [0.5, 0.6) is 0 Å². The normalized spacial score (nSPS) is 27.9. The minimum atomic E-state index is -0.292. The van der Waals surface area contributed by atoms with E-state index >= 15 is 0 Å². The monoisotopic (exact) mass is 310 g/mol. The molecular formula is C19H36NO2+. The van der Waals surface area contributed by atoms with Crippen molar-refractivity contribution in [3.63, 3.8) is 0 Å². The molecule has 0 bridgehead atoms. The third-order valence-electron chi connectivity index (χ3n) is 5.77. The highest BCUT2D eigenvalue weighted by molar-refractivity contribution is 5.73. The molecule has 2 N–H and O–H groups in total. The summed E-state index contributed by atoms with van der Waals surface area (Å²) in [6.07, 6.45) is 8.12. The van der Waals surface area contributed by atoms with Gasteiger partial charge in [0, 0.05) is 18.8 Å². The Kier molecular flexibility index (Phi) is 6.31. The van der Waals surface area contributed by atoms with E-state index in [1.807, 2.05) is 0 Å². The first-order chi connectivity index (χ1) is 10.4. The van der Waals surface area contributed by atoms with Gasteiger partial charge in [-0.05, 0) is 57.8 Å². The maximum absolute atomic E-state index is 12.6. The fourth-order valence-electron chi connectivity index (χ4n) is 4.35. The molecule has 128 valence electrons. The van der Waals surface area contributed by atoms with Gasteiger partial charge in [0.15, 0.2) is 0 Å². The molecular weight excluding hydrogens is 274 g/mol. The standard InChI is InChI=1S/C19H35NO2/c1-14(2)13-15-5-7-16(8-6-15)18(21)22-19(3,4)17-9-11-20-12-10-17/h14-17,20H,5-13H2,1-4H3/p+1. The van der Waals surface area contributed by atoms with Crippen molar-refractivity contribution in [2.24, 2.45) is 23.7 Å². The molecule has 0 aromatic carbocycles. The Hall–Kier alpha value is -0.570. The third kappa shape index (κ3) is 4.97. The first-order valence-corrected chi connectivity index (χ1v) is 9.43. The maximum atomic E-state index is 12.6. The zero-order valence-electron chi connectivity index (χ0n) is 15.1. The van der Waals surface area contributed by atoms with Gasteiger partial charge < -0.3 is 10.1 Å². The van der Waals surface area contributed by atoms with Gasteiger partial charge in [0.05, 0.1) is 19.0 Å². The van der Waals surface area contributed by atoms with Crippen LogP contribution in [0.3, 0.4) is 0 Å². The van der Waals surface area contributed by atoms with Crippen LogP contribution in [0.15, 0.2) is 0 Å². The van der Waals surface area contributed by atoms with E-state index in [9.17, 15) is 4.79 Å². The second kappa shape index (κ2) is 7.81. The van der Waals surface area contributed by atoms with Crippen LogP contribution >= 0.6 is 0 Å². The van der Waals surface area contributed by atoms with Crippen molar-refractivity contribution in [3.8, 4) is 0 Å². The molecule has 0 aromatic rings. The lowest BCUT2D eigenvalue weighted by Gasteiger charge is -2.37. The lowest BCUT2D eigenvalue weighted by Crippen LogP contribution is -2.86. The summed E-state index contributed by atoms with van der Waals surface area (Å²) in [4.78, 5) is 12.6. The maximum Gasteiger partial charge on any atom is 0.309 e. The van der Waals surface area contributed by atoms with Crippen LogP contribution in [-0.4, -0.2) is 24.7 Å². The Morgan fingerprint density at radius 1 is 1.09 bits per heavy atom. The summed E-state index contributed by atoms with van der Waals surface area (Å²) in [5, 5.41) is 2.37. The number of esters is 1. The Balaban J connectivity index is 1.79. The van der Waals surface area contributed by atoms with Crippen molar-refractivity contribution in [2.45, 2.75) is 78.2 Å². The van der Waals surface area contributed by atoms with Crippen LogP contribution in [-0.2, 0) is 9.53 Å². The van der Waals surface area contributed by atoms with Gasteiger partial charge in [0.2, 0.25) is 0 Å². The Morgan fingerprint density at radius 2 is 1.68 bits per heavy atom. The minimum Gasteiger partial charge on any atom is -0.459 e. The zero-order chi connectivity index (χ0) is 16.2. The average molecular weight is 311 g/mol. The van der Waals surface area contributed by atoms with E-state index in [4.69, 9.17) is 4.74 Å². The smallest absolute Gasteiger partial charge is 0.309 e. The molecule has 0 radical (unpaired) electrons. The van der Waals surface area contributed by atoms with Gasteiger partial charge in [0.25, 0.3) is 0 Å². The molecule has 0 unspecified atom stereocenters. The topological polar surface area (TPSA) is 42.9 Å². The summed E-state index contributed by atoms with van der Waals surface area (Å²) in [5.41, 5.74) is -0.292. The van der Waals surface area contributed by atoms with E-state index in [-0.39, 0.29) is 17.5 Å². The number of piperidine rings is 1. The highest BCUT2D eigenvalue weighted by Gasteiger charge is 2.37. The van der Waals surface area contributed by atoms with Gasteiger partial charge in [-0.2, -0.15) is 0 Å². The fraction of sp³-hybridized carbons (Fsp3) is 0.947. The van der Waals surface area contributed by atoms with Crippen LogP contribution in [0.1, 0.15) is 72.6 Å². The van der Waals surface area contributed by atoms with Crippen molar-refractivity contribution >= 4 is 5.97 Å². The predicted molar refractivity (Wildman–Crippen MR) is 89.5 cm³/mol. The summed E-state index contributed by atoms with van der Waals surface area (Å²) in [7, 11) is 0. The number of quaternary nitrogens is 1. The molecule has 0 atom stereocenters. The van der Waals surface area contributed by atoms with Crippen LogP contribution in [0.4, 0.5) is 0 Å². The first kappa shape index (κ1) is 17.8. The number of nitrogens with two attached hydrogens (primary N) is 1. The van der Waals surface area contributed by atoms with Crippen molar-refractivity contribution in [1.29, 1.82) is 0 Å². The van der Waals surface area contributed by atoms with Crippen molar-refractivity contribution < 1.29 is 14.8 Å². The molecule has 1 saturated heterocycles. The SMILES string of the molecule is CC(C)CC1CCC(C(=O)OC(C)(C)C2CC[NH2+]CC2)CC1. The van der Waals surface area contributed by atoms with Gasteiger partial charge in [-0.25, -0.2) is 0 Å². The molecule has 2 rings (SSSR count). The molecule has 3 nitrogen and oxygen atoms in total. The predicted octanol–water partition coefficient (Wildman–Crippen LogP) is 3.13. The number of carbonyl (C=O) groups excluding carboxylic acids is 1. The largest absolute Gasteiger partial charge is 0.459 e. The Bertz CT molecular complexity index is 350. The van der Waals surface area contributed by atoms with Gasteiger partial charge in [-0.1, -0.05) is 13.8 Å². The molecule has 22 heavy (non-hydrogen) atoms. The van der Waals surface area contributed by atoms with Gasteiger partial charge >= 0.3 is 5.97 Å². The van der Waals surface area contributed by atoms with E-state index in [2.05, 4.69) is 33.0 Å². The van der Waals surface area contributed by atoms with Crippen molar-refractivity contribution in [3.05, 3.63) is 0 Å². The molecule has 1 heterocycles.